The summed E-state index contributed by atoms with van der Waals surface area (Å²) in [6, 6.07) is 12.1. The van der Waals surface area contributed by atoms with Gasteiger partial charge in [-0.15, -0.1) is 0 Å². The Morgan fingerprint density at radius 3 is 2.56 bits per heavy atom. The molecule has 3 rings (SSSR count). The van der Waals surface area contributed by atoms with Crippen LogP contribution < -0.4 is 0 Å². The molecule has 0 radical (unpaired) electrons. The van der Waals surface area contributed by atoms with Crippen molar-refractivity contribution in [3.8, 4) is 0 Å². The lowest BCUT2D eigenvalue weighted by atomic mass is 10.2. The molecule has 130 valence electrons. The SMILES string of the molecule is Cc1cnc2c(S(=O)(=O)N(C)Cc3ccc(Cl)c(Cl)c3)cccc2c1. The zero-order valence-corrected chi connectivity index (χ0v) is 16.0. The van der Waals surface area contributed by atoms with Crippen LogP contribution in [0.25, 0.3) is 10.9 Å². The fourth-order valence-corrected chi connectivity index (χ4v) is 4.24. The van der Waals surface area contributed by atoms with Crippen molar-refractivity contribution in [2.45, 2.75) is 18.4 Å². The number of aromatic nitrogens is 1. The van der Waals surface area contributed by atoms with Crippen LogP contribution in [-0.2, 0) is 16.6 Å². The number of pyridine rings is 1. The van der Waals surface area contributed by atoms with Gasteiger partial charge in [-0.25, -0.2) is 8.42 Å². The van der Waals surface area contributed by atoms with E-state index < -0.39 is 10.0 Å². The van der Waals surface area contributed by atoms with Gasteiger partial charge in [-0.2, -0.15) is 4.31 Å². The van der Waals surface area contributed by atoms with Crippen LogP contribution in [0.5, 0.6) is 0 Å². The van der Waals surface area contributed by atoms with Gasteiger partial charge in [-0.05, 0) is 42.3 Å². The third-order valence-corrected chi connectivity index (χ3v) is 6.46. The predicted molar refractivity (Wildman–Crippen MR) is 102 cm³/mol. The molecule has 0 amide bonds. The van der Waals surface area contributed by atoms with Crippen LogP contribution in [0.2, 0.25) is 10.0 Å². The van der Waals surface area contributed by atoms with Crippen LogP contribution in [0.15, 0.2) is 53.6 Å². The zero-order valence-electron chi connectivity index (χ0n) is 13.7. The van der Waals surface area contributed by atoms with E-state index in [0.29, 0.717) is 15.6 Å². The Morgan fingerprint density at radius 1 is 1.08 bits per heavy atom. The zero-order chi connectivity index (χ0) is 18.2. The van der Waals surface area contributed by atoms with E-state index in [9.17, 15) is 8.42 Å². The molecule has 0 aliphatic carbocycles. The van der Waals surface area contributed by atoms with E-state index in [4.69, 9.17) is 23.2 Å². The molecule has 4 nitrogen and oxygen atoms in total. The maximum Gasteiger partial charge on any atom is 0.245 e. The van der Waals surface area contributed by atoms with Crippen LogP contribution in [0, 0.1) is 6.92 Å². The fraction of sp³-hybridized carbons (Fsp3) is 0.167. The molecule has 0 saturated heterocycles. The molecule has 0 unspecified atom stereocenters. The van der Waals surface area contributed by atoms with Gasteiger partial charge in [0.15, 0.2) is 0 Å². The van der Waals surface area contributed by atoms with E-state index in [1.54, 1.807) is 36.5 Å². The minimum atomic E-state index is -3.70. The van der Waals surface area contributed by atoms with Gasteiger partial charge in [0.2, 0.25) is 10.0 Å². The van der Waals surface area contributed by atoms with Crippen molar-refractivity contribution in [3.63, 3.8) is 0 Å². The maximum atomic E-state index is 13.0. The largest absolute Gasteiger partial charge is 0.255 e. The summed E-state index contributed by atoms with van der Waals surface area (Å²) in [5.74, 6) is 0. The lowest BCUT2D eigenvalue weighted by Gasteiger charge is -2.18. The molecule has 3 aromatic rings. The van der Waals surface area contributed by atoms with Crippen molar-refractivity contribution in [2.75, 3.05) is 7.05 Å². The van der Waals surface area contributed by atoms with Crippen molar-refractivity contribution in [1.29, 1.82) is 0 Å². The van der Waals surface area contributed by atoms with E-state index in [1.807, 2.05) is 19.1 Å². The summed E-state index contributed by atoms with van der Waals surface area (Å²) >= 11 is 11.9. The number of nitrogens with zero attached hydrogens (tertiary/aromatic N) is 2. The molecule has 0 fully saturated rings. The Labute approximate surface area is 157 Å². The van der Waals surface area contributed by atoms with Gasteiger partial charge in [0.05, 0.1) is 15.6 Å². The average Bonchev–Trinajstić information content (AvgIpc) is 2.57. The van der Waals surface area contributed by atoms with E-state index >= 15 is 0 Å². The molecule has 0 spiro atoms. The summed E-state index contributed by atoms with van der Waals surface area (Å²) in [6.45, 7) is 2.10. The van der Waals surface area contributed by atoms with Crippen LogP contribution in [0.3, 0.4) is 0 Å². The van der Waals surface area contributed by atoms with Gasteiger partial charge in [0, 0.05) is 25.2 Å². The second-order valence-electron chi connectivity index (χ2n) is 5.85. The molecule has 0 aliphatic heterocycles. The predicted octanol–water partition coefficient (Wildman–Crippen LogP) is 4.67. The van der Waals surface area contributed by atoms with Gasteiger partial charge in [-0.3, -0.25) is 4.98 Å². The topological polar surface area (TPSA) is 50.3 Å². The summed E-state index contributed by atoms with van der Waals surface area (Å²) in [6.07, 6.45) is 1.67. The highest BCUT2D eigenvalue weighted by Gasteiger charge is 2.24. The van der Waals surface area contributed by atoms with Crippen LogP contribution in [0.1, 0.15) is 11.1 Å². The summed E-state index contributed by atoms with van der Waals surface area (Å²) in [5, 5.41) is 1.63. The van der Waals surface area contributed by atoms with Crippen LogP contribution in [0.4, 0.5) is 0 Å². The molecule has 0 saturated carbocycles. The van der Waals surface area contributed by atoms with Crippen molar-refractivity contribution in [2.24, 2.45) is 0 Å². The molecule has 1 heterocycles. The first-order valence-corrected chi connectivity index (χ1v) is 9.74. The summed E-state index contributed by atoms with van der Waals surface area (Å²) in [4.78, 5) is 4.51. The highest BCUT2D eigenvalue weighted by Crippen LogP contribution is 2.27. The fourth-order valence-electron chi connectivity index (χ4n) is 2.60. The van der Waals surface area contributed by atoms with Crippen molar-refractivity contribution in [1.82, 2.24) is 9.29 Å². The number of para-hydroxylation sites is 1. The normalized spacial score (nSPS) is 12.0. The third kappa shape index (κ3) is 3.65. The van der Waals surface area contributed by atoms with E-state index in [2.05, 4.69) is 4.98 Å². The quantitative estimate of drug-likeness (QED) is 0.645. The van der Waals surface area contributed by atoms with Gasteiger partial charge in [0.1, 0.15) is 4.90 Å². The number of hydrogen-bond donors (Lipinski definition) is 0. The Balaban J connectivity index is 1.99. The summed E-state index contributed by atoms with van der Waals surface area (Å²) in [5.41, 5.74) is 2.20. The third-order valence-electron chi connectivity index (χ3n) is 3.89. The highest BCUT2D eigenvalue weighted by molar-refractivity contribution is 7.89. The summed E-state index contributed by atoms with van der Waals surface area (Å²) < 4.78 is 27.3. The van der Waals surface area contributed by atoms with Crippen LogP contribution in [-0.4, -0.2) is 24.8 Å². The van der Waals surface area contributed by atoms with Gasteiger partial charge in [-0.1, -0.05) is 41.4 Å². The molecular formula is C18H16Cl2N2O2S. The minimum Gasteiger partial charge on any atom is -0.255 e. The first-order valence-electron chi connectivity index (χ1n) is 7.54. The smallest absolute Gasteiger partial charge is 0.245 e. The Kier molecular flexibility index (Phi) is 5.02. The van der Waals surface area contributed by atoms with E-state index in [1.165, 1.54) is 11.4 Å². The van der Waals surface area contributed by atoms with E-state index in [-0.39, 0.29) is 11.4 Å². The molecule has 0 bridgehead atoms. The Morgan fingerprint density at radius 2 is 1.84 bits per heavy atom. The molecule has 2 aromatic carbocycles. The number of rotatable bonds is 4. The molecule has 1 aromatic heterocycles. The van der Waals surface area contributed by atoms with Crippen molar-refractivity contribution < 1.29 is 8.42 Å². The molecule has 25 heavy (non-hydrogen) atoms. The molecule has 0 atom stereocenters. The molecule has 7 heteroatoms. The van der Waals surface area contributed by atoms with Gasteiger partial charge >= 0.3 is 0 Å². The highest BCUT2D eigenvalue weighted by atomic mass is 35.5. The standard InChI is InChI=1S/C18H16Cl2N2O2S/c1-12-8-14-4-3-5-17(18(14)21-10-12)25(23,24)22(2)11-13-6-7-15(19)16(20)9-13/h3-10H,11H2,1-2H3. The maximum absolute atomic E-state index is 13.0. The van der Waals surface area contributed by atoms with Gasteiger partial charge in [0.25, 0.3) is 0 Å². The Hall–Kier alpha value is -1.66. The number of hydrogen-bond acceptors (Lipinski definition) is 3. The average molecular weight is 395 g/mol. The van der Waals surface area contributed by atoms with Crippen molar-refractivity contribution >= 4 is 44.1 Å². The monoisotopic (exact) mass is 394 g/mol. The van der Waals surface area contributed by atoms with Gasteiger partial charge < -0.3 is 0 Å². The lowest BCUT2D eigenvalue weighted by Crippen LogP contribution is -2.26. The van der Waals surface area contributed by atoms with Crippen LogP contribution >= 0.6 is 23.2 Å². The molecule has 0 aliphatic rings. The number of aryl methyl sites for hydroxylation is 1. The minimum absolute atomic E-state index is 0.182. The molecule has 0 N–H and O–H groups in total. The first-order chi connectivity index (χ1) is 11.8. The lowest BCUT2D eigenvalue weighted by molar-refractivity contribution is 0.467. The Bertz CT molecular complexity index is 1050. The second kappa shape index (κ2) is 6.92. The number of benzene rings is 2. The number of fused-ring (bicyclic) bond motifs is 1. The first kappa shape index (κ1) is 18.1. The molecular weight excluding hydrogens is 379 g/mol. The second-order valence-corrected chi connectivity index (χ2v) is 8.68. The van der Waals surface area contributed by atoms with E-state index in [0.717, 1.165) is 16.5 Å². The number of halogens is 2. The van der Waals surface area contributed by atoms with Crippen molar-refractivity contribution in [3.05, 3.63) is 69.8 Å². The summed E-state index contributed by atoms with van der Waals surface area (Å²) in [7, 11) is -2.17. The number of sulfonamides is 1.